The fourth-order valence-corrected chi connectivity index (χ4v) is 2.11. The van der Waals surface area contributed by atoms with E-state index in [2.05, 4.69) is 10.6 Å². The first kappa shape index (κ1) is 18.5. The predicted octanol–water partition coefficient (Wildman–Crippen LogP) is 2.51. The van der Waals surface area contributed by atoms with Crippen LogP contribution in [0.5, 0.6) is 0 Å². The van der Waals surface area contributed by atoms with Crippen molar-refractivity contribution in [3.63, 3.8) is 0 Å². The maximum atomic E-state index is 13.6. The molecule has 0 unspecified atom stereocenters. The number of nitrogens with zero attached hydrogens (tertiary/aromatic N) is 1. The molecule has 7 heteroatoms. The van der Waals surface area contributed by atoms with Crippen molar-refractivity contribution in [3.05, 3.63) is 65.2 Å². The van der Waals surface area contributed by atoms with Crippen LogP contribution >= 0.6 is 0 Å². The van der Waals surface area contributed by atoms with Gasteiger partial charge in [-0.15, -0.1) is 0 Å². The summed E-state index contributed by atoms with van der Waals surface area (Å²) < 4.78 is 26.6. The number of rotatable bonds is 6. The molecule has 0 saturated heterocycles. The first-order chi connectivity index (χ1) is 11.9. The minimum absolute atomic E-state index is 0.272. The maximum absolute atomic E-state index is 13.6. The second kappa shape index (κ2) is 8.34. The zero-order chi connectivity index (χ0) is 18.4. The molecule has 5 nitrogen and oxygen atoms in total. The van der Waals surface area contributed by atoms with Gasteiger partial charge in [-0.2, -0.15) is 0 Å². The number of benzene rings is 2. The Morgan fingerprint density at radius 1 is 1.04 bits per heavy atom. The Morgan fingerprint density at radius 2 is 1.80 bits per heavy atom. The highest BCUT2D eigenvalue weighted by molar-refractivity contribution is 6.05. The van der Waals surface area contributed by atoms with Crippen LogP contribution < -0.4 is 10.6 Å². The molecule has 0 radical (unpaired) electrons. The van der Waals surface area contributed by atoms with E-state index in [4.69, 9.17) is 0 Å². The van der Waals surface area contributed by atoms with E-state index >= 15 is 0 Å². The Morgan fingerprint density at radius 3 is 2.48 bits per heavy atom. The van der Waals surface area contributed by atoms with E-state index in [0.29, 0.717) is 30.4 Å². The summed E-state index contributed by atoms with van der Waals surface area (Å²) in [6.07, 6.45) is 0. The number of nitrogens with one attached hydrogen (secondary N) is 2. The van der Waals surface area contributed by atoms with Gasteiger partial charge in [0, 0.05) is 30.4 Å². The highest BCUT2D eigenvalue weighted by Crippen LogP contribution is 2.15. The molecule has 2 aromatic carbocycles. The van der Waals surface area contributed by atoms with Gasteiger partial charge < -0.3 is 15.5 Å². The van der Waals surface area contributed by atoms with Crippen LogP contribution in [0.1, 0.15) is 20.7 Å². The molecular weight excluding hydrogens is 328 g/mol. The van der Waals surface area contributed by atoms with Crippen molar-refractivity contribution in [3.8, 4) is 0 Å². The highest BCUT2D eigenvalue weighted by atomic mass is 19.1. The van der Waals surface area contributed by atoms with E-state index < -0.39 is 17.5 Å². The number of hydrogen-bond donors (Lipinski definition) is 2. The lowest BCUT2D eigenvalue weighted by molar-refractivity contribution is 0.0949. The van der Waals surface area contributed by atoms with Crippen LogP contribution in [0.25, 0.3) is 0 Å². The Labute approximate surface area is 144 Å². The lowest BCUT2D eigenvalue weighted by Gasteiger charge is -2.11. The Hall–Kier alpha value is -2.80. The number of carbonyl (C=O) groups excluding carboxylic acids is 2. The average molecular weight is 347 g/mol. The van der Waals surface area contributed by atoms with Crippen molar-refractivity contribution in [2.45, 2.75) is 0 Å². The molecule has 0 aliphatic heterocycles. The van der Waals surface area contributed by atoms with Gasteiger partial charge in [-0.3, -0.25) is 9.59 Å². The summed E-state index contributed by atoms with van der Waals surface area (Å²) in [6.45, 7) is 1.19. The van der Waals surface area contributed by atoms with E-state index in [1.54, 1.807) is 18.2 Å². The number of hydrogen-bond acceptors (Lipinski definition) is 3. The molecule has 0 heterocycles. The molecular formula is C18H19F2N3O2. The van der Waals surface area contributed by atoms with Crippen molar-refractivity contribution in [1.29, 1.82) is 0 Å². The lowest BCUT2D eigenvalue weighted by atomic mass is 10.1. The highest BCUT2D eigenvalue weighted by Gasteiger charge is 2.13. The van der Waals surface area contributed by atoms with Crippen LogP contribution in [0.2, 0.25) is 0 Å². The Bertz CT molecular complexity index is 779. The summed E-state index contributed by atoms with van der Waals surface area (Å²) in [5.41, 5.74) is 0.437. The van der Waals surface area contributed by atoms with Gasteiger partial charge in [0.05, 0.1) is 5.56 Å². The minimum Gasteiger partial charge on any atom is -0.351 e. The normalized spacial score (nSPS) is 10.6. The number of anilines is 1. The fraction of sp³-hybridized carbons (Fsp3) is 0.222. The van der Waals surface area contributed by atoms with Crippen LogP contribution in [0.3, 0.4) is 0 Å². The van der Waals surface area contributed by atoms with Gasteiger partial charge in [-0.25, -0.2) is 8.78 Å². The third-order valence-electron chi connectivity index (χ3n) is 3.40. The zero-order valence-corrected chi connectivity index (χ0v) is 14.0. The molecule has 0 fully saturated rings. The molecule has 25 heavy (non-hydrogen) atoms. The van der Waals surface area contributed by atoms with Crippen molar-refractivity contribution in [2.75, 3.05) is 32.5 Å². The lowest BCUT2D eigenvalue weighted by Crippen LogP contribution is -2.31. The van der Waals surface area contributed by atoms with Crippen molar-refractivity contribution in [1.82, 2.24) is 10.2 Å². The molecule has 0 aliphatic rings. The molecule has 0 bridgehead atoms. The van der Waals surface area contributed by atoms with Gasteiger partial charge in [-0.05, 0) is 44.4 Å². The Balaban J connectivity index is 2.05. The summed E-state index contributed by atoms with van der Waals surface area (Å²) in [6, 6.07) is 9.00. The number of carbonyl (C=O) groups is 2. The zero-order valence-electron chi connectivity index (χ0n) is 14.0. The van der Waals surface area contributed by atoms with E-state index in [-0.39, 0.29) is 11.5 Å². The Kier molecular flexibility index (Phi) is 6.19. The molecule has 0 aromatic heterocycles. The van der Waals surface area contributed by atoms with Crippen molar-refractivity contribution >= 4 is 17.5 Å². The SMILES string of the molecule is CN(C)CCNC(=O)c1cccc(NC(=O)c2ccc(F)cc2F)c1. The smallest absolute Gasteiger partial charge is 0.258 e. The van der Waals surface area contributed by atoms with Gasteiger partial charge in [0.15, 0.2) is 0 Å². The molecule has 0 atom stereocenters. The quantitative estimate of drug-likeness (QED) is 0.844. The third-order valence-corrected chi connectivity index (χ3v) is 3.40. The molecule has 2 aromatic rings. The van der Waals surface area contributed by atoms with E-state index in [1.165, 1.54) is 6.07 Å². The molecule has 132 valence electrons. The first-order valence-corrected chi connectivity index (χ1v) is 7.66. The van der Waals surface area contributed by atoms with Gasteiger partial charge in [0.2, 0.25) is 0 Å². The first-order valence-electron chi connectivity index (χ1n) is 7.66. The monoisotopic (exact) mass is 347 g/mol. The van der Waals surface area contributed by atoms with Crippen LogP contribution in [0.4, 0.5) is 14.5 Å². The minimum atomic E-state index is -0.949. The van der Waals surface area contributed by atoms with E-state index in [1.807, 2.05) is 19.0 Å². The summed E-state index contributed by atoms with van der Waals surface area (Å²) >= 11 is 0. The van der Waals surface area contributed by atoms with E-state index in [9.17, 15) is 18.4 Å². The standard InChI is InChI=1S/C18H19F2N3O2/c1-23(2)9-8-21-17(24)12-4-3-5-14(10-12)22-18(25)15-7-6-13(19)11-16(15)20/h3-7,10-11H,8-9H2,1-2H3,(H,21,24)(H,22,25). The van der Waals surface area contributed by atoms with Crippen LogP contribution in [0.15, 0.2) is 42.5 Å². The van der Waals surface area contributed by atoms with E-state index in [0.717, 1.165) is 12.1 Å². The van der Waals surface area contributed by atoms with Gasteiger partial charge in [0.25, 0.3) is 11.8 Å². The van der Waals surface area contributed by atoms with Crippen LogP contribution in [0, 0.1) is 11.6 Å². The molecule has 0 aliphatic carbocycles. The molecule has 0 spiro atoms. The summed E-state index contributed by atoms with van der Waals surface area (Å²) in [5.74, 6) is -2.70. The summed E-state index contributed by atoms with van der Waals surface area (Å²) in [7, 11) is 3.80. The predicted molar refractivity (Wildman–Crippen MR) is 91.6 cm³/mol. The summed E-state index contributed by atoms with van der Waals surface area (Å²) in [4.78, 5) is 26.1. The topological polar surface area (TPSA) is 61.4 Å². The second-order valence-corrected chi connectivity index (χ2v) is 5.72. The largest absolute Gasteiger partial charge is 0.351 e. The second-order valence-electron chi connectivity index (χ2n) is 5.72. The molecule has 0 saturated carbocycles. The van der Waals surface area contributed by atoms with Gasteiger partial charge in [-0.1, -0.05) is 6.07 Å². The molecule has 2 N–H and O–H groups in total. The van der Waals surface area contributed by atoms with Crippen molar-refractivity contribution in [2.24, 2.45) is 0 Å². The number of amides is 2. The summed E-state index contributed by atoms with van der Waals surface area (Å²) in [5, 5.41) is 5.26. The van der Waals surface area contributed by atoms with Gasteiger partial charge in [0.1, 0.15) is 11.6 Å². The van der Waals surface area contributed by atoms with Crippen LogP contribution in [-0.4, -0.2) is 43.9 Å². The maximum Gasteiger partial charge on any atom is 0.258 e. The number of halogens is 2. The third kappa shape index (κ3) is 5.36. The number of likely N-dealkylation sites (N-methyl/N-ethyl adjacent to an activating group) is 1. The van der Waals surface area contributed by atoms with Gasteiger partial charge >= 0.3 is 0 Å². The van der Waals surface area contributed by atoms with Crippen LogP contribution in [-0.2, 0) is 0 Å². The average Bonchev–Trinajstić information content (AvgIpc) is 2.54. The molecule has 2 rings (SSSR count). The molecule has 2 amide bonds. The van der Waals surface area contributed by atoms with Crippen molar-refractivity contribution < 1.29 is 18.4 Å². The fourth-order valence-electron chi connectivity index (χ4n) is 2.11.